The van der Waals surface area contributed by atoms with Crippen molar-refractivity contribution in [2.45, 2.75) is 24.6 Å². The van der Waals surface area contributed by atoms with Gasteiger partial charge in [0.05, 0.1) is 17.5 Å². The third kappa shape index (κ3) is 4.58. The number of carbonyl (C=O) groups is 2. The van der Waals surface area contributed by atoms with Crippen LogP contribution in [0.5, 0.6) is 0 Å². The van der Waals surface area contributed by atoms with E-state index in [-0.39, 0.29) is 34.4 Å². The van der Waals surface area contributed by atoms with Gasteiger partial charge in [0.1, 0.15) is 18.2 Å². The number of halogens is 2. The summed E-state index contributed by atoms with van der Waals surface area (Å²) in [4.78, 5) is 37.2. The fourth-order valence-corrected chi connectivity index (χ4v) is 4.04. The van der Waals surface area contributed by atoms with Crippen LogP contribution in [0.25, 0.3) is 11.2 Å². The molecule has 3 heterocycles. The van der Waals surface area contributed by atoms with Crippen molar-refractivity contribution in [2.24, 2.45) is 0 Å². The van der Waals surface area contributed by atoms with Crippen LogP contribution < -0.4 is 5.73 Å². The van der Waals surface area contributed by atoms with Crippen molar-refractivity contribution in [3.63, 3.8) is 0 Å². The quantitative estimate of drug-likeness (QED) is 0.305. The number of esters is 2. The molecule has 1 fully saturated rings. The number of hydrogen-bond acceptors (Lipinski definition) is 9. The van der Waals surface area contributed by atoms with Gasteiger partial charge < -0.3 is 19.9 Å². The van der Waals surface area contributed by atoms with Gasteiger partial charge in [0.25, 0.3) is 0 Å². The summed E-state index contributed by atoms with van der Waals surface area (Å²) in [6, 6.07) is 16.4. The molecule has 2 N–H and O–H groups in total. The summed E-state index contributed by atoms with van der Waals surface area (Å²) in [5.74, 6) is -1.37. The first kappa shape index (κ1) is 23.6. The maximum atomic E-state index is 15.8. The number of carbonyl (C=O) groups excluding carboxylic acids is 2. The minimum Gasteiger partial charge on any atom is -0.459 e. The molecule has 2 aromatic carbocycles. The maximum Gasteiger partial charge on any atom is 0.338 e. The normalized spacial score (nSPS) is 21.4. The fraction of sp³-hybridized carbons (Fsp3) is 0.208. The van der Waals surface area contributed by atoms with Crippen LogP contribution in [-0.2, 0) is 14.2 Å². The highest BCUT2D eigenvalue weighted by Gasteiger charge is 2.50. The zero-order chi connectivity index (χ0) is 25.2. The maximum absolute atomic E-state index is 15.8. The summed E-state index contributed by atoms with van der Waals surface area (Å²) in [5, 5.41) is -0.157. The Labute approximate surface area is 208 Å². The van der Waals surface area contributed by atoms with E-state index >= 15 is 4.39 Å². The first-order valence-corrected chi connectivity index (χ1v) is 11.2. The number of benzene rings is 2. The Morgan fingerprint density at radius 2 is 1.67 bits per heavy atom. The molecule has 0 spiro atoms. The molecule has 2 aromatic heterocycles. The highest BCUT2D eigenvalue weighted by molar-refractivity contribution is 6.28. The van der Waals surface area contributed by atoms with Crippen LogP contribution in [0.15, 0.2) is 67.0 Å². The van der Waals surface area contributed by atoms with E-state index in [1.54, 1.807) is 60.7 Å². The highest BCUT2D eigenvalue weighted by Crippen LogP contribution is 2.36. The number of nitrogen functional groups attached to an aromatic ring is 1. The molecule has 5 rings (SSSR count). The molecule has 0 aliphatic carbocycles. The number of aromatic nitrogens is 4. The third-order valence-electron chi connectivity index (χ3n) is 5.60. The second kappa shape index (κ2) is 9.88. The minimum absolute atomic E-state index is 0.0116. The molecule has 0 saturated carbocycles. The van der Waals surface area contributed by atoms with Gasteiger partial charge in [0, 0.05) is 0 Å². The number of nitrogens with zero attached hydrogens (tertiary/aromatic N) is 4. The monoisotopic (exact) mass is 511 g/mol. The SMILES string of the molecule is Nc1nc(Cl)nc2c1ncn2[C@@H]1O[C@H](COC(=O)c2ccccc2)[C@@H](OC(=O)c2ccccc2)[C@H]1F. The second-order valence-corrected chi connectivity index (χ2v) is 8.25. The Morgan fingerprint density at radius 1 is 1.03 bits per heavy atom. The number of alkyl halides is 1. The van der Waals surface area contributed by atoms with Crippen molar-refractivity contribution in [3.8, 4) is 0 Å². The van der Waals surface area contributed by atoms with Gasteiger partial charge in [0.2, 0.25) is 5.28 Å². The number of nitrogens with two attached hydrogens (primary N) is 1. The molecular formula is C24H19ClFN5O5. The van der Waals surface area contributed by atoms with E-state index < -0.39 is 36.5 Å². The van der Waals surface area contributed by atoms with Gasteiger partial charge in [-0.1, -0.05) is 36.4 Å². The standard InChI is InChI=1S/C24H19ClFN5O5/c25-24-29-19(27)17-20(30-24)31(12-28-17)21-16(26)18(36-23(33)14-9-5-2-6-10-14)15(35-21)11-34-22(32)13-7-3-1-4-8-13/h1-10,12,15-16,18,21H,11H2,(H2,27,29,30)/t15-,16-,18-,21-/m1/s1. The lowest BCUT2D eigenvalue weighted by atomic mass is 10.1. The van der Waals surface area contributed by atoms with Crippen molar-refractivity contribution in [3.05, 3.63) is 83.4 Å². The minimum atomic E-state index is -1.87. The van der Waals surface area contributed by atoms with Crippen LogP contribution in [-0.4, -0.2) is 56.4 Å². The third-order valence-corrected chi connectivity index (χ3v) is 5.77. The van der Waals surface area contributed by atoms with E-state index in [0.29, 0.717) is 5.56 Å². The van der Waals surface area contributed by atoms with Crippen molar-refractivity contribution in [1.29, 1.82) is 0 Å². The molecule has 36 heavy (non-hydrogen) atoms. The van der Waals surface area contributed by atoms with Gasteiger partial charge in [0.15, 0.2) is 30.0 Å². The van der Waals surface area contributed by atoms with Gasteiger partial charge >= 0.3 is 11.9 Å². The largest absolute Gasteiger partial charge is 0.459 e. The topological polar surface area (TPSA) is 131 Å². The summed E-state index contributed by atoms with van der Waals surface area (Å²) in [5.41, 5.74) is 6.73. The molecule has 4 atom stereocenters. The van der Waals surface area contributed by atoms with Gasteiger partial charge in [-0.05, 0) is 35.9 Å². The Balaban J connectivity index is 1.42. The van der Waals surface area contributed by atoms with E-state index in [4.69, 9.17) is 31.5 Å². The average molecular weight is 512 g/mol. The number of ether oxygens (including phenoxy) is 3. The fourth-order valence-electron chi connectivity index (χ4n) is 3.87. The van der Waals surface area contributed by atoms with E-state index in [1.807, 2.05) is 0 Å². The summed E-state index contributed by atoms with van der Waals surface area (Å²) in [6.45, 7) is -0.373. The molecule has 1 saturated heterocycles. The van der Waals surface area contributed by atoms with Gasteiger partial charge in [-0.15, -0.1) is 0 Å². The van der Waals surface area contributed by atoms with E-state index in [0.717, 1.165) is 0 Å². The van der Waals surface area contributed by atoms with Gasteiger partial charge in [-0.3, -0.25) is 4.57 Å². The van der Waals surface area contributed by atoms with E-state index in [2.05, 4.69) is 15.0 Å². The number of imidazole rings is 1. The molecule has 1 aliphatic rings. The zero-order valence-corrected chi connectivity index (χ0v) is 19.3. The Kier molecular flexibility index (Phi) is 6.49. The lowest BCUT2D eigenvalue weighted by Gasteiger charge is -2.19. The Morgan fingerprint density at radius 3 is 2.33 bits per heavy atom. The molecule has 4 aromatic rings. The Bertz CT molecular complexity index is 1400. The first-order valence-electron chi connectivity index (χ1n) is 10.9. The van der Waals surface area contributed by atoms with E-state index in [1.165, 1.54) is 10.9 Å². The van der Waals surface area contributed by atoms with Gasteiger partial charge in [-0.25, -0.2) is 19.0 Å². The predicted octanol–water partition coefficient (Wildman–Crippen LogP) is 3.38. The van der Waals surface area contributed by atoms with E-state index in [9.17, 15) is 9.59 Å². The first-order chi connectivity index (χ1) is 17.4. The summed E-state index contributed by atoms with van der Waals surface area (Å²) < 4.78 is 33.9. The predicted molar refractivity (Wildman–Crippen MR) is 126 cm³/mol. The molecule has 0 unspecified atom stereocenters. The molecule has 0 amide bonds. The summed E-state index contributed by atoms with van der Waals surface area (Å²) in [7, 11) is 0. The van der Waals surface area contributed by atoms with Crippen LogP contribution >= 0.6 is 11.6 Å². The molecule has 0 bridgehead atoms. The van der Waals surface area contributed by atoms with Crippen molar-refractivity contribution < 1.29 is 28.2 Å². The van der Waals surface area contributed by atoms with Crippen molar-refractivity contribution >= 4 is 40.5 Å². The number of hydrogen-bond donors (Lipinski definition) is 1. The van der Waals surface area contributed by atoms with Crippen LogP contribution in [0.1, 0.15) is 26.9 Å². The molecule has 10 nitrogen and oxygen atoms in total. The summed E-state index contributed by atoms with van der Waals surface area (Å²) >= 11 is 5.93. The average Bonchev–Trinajstić information content (AvgIpc) is 3.44. The number of fused-ring (bicyclic) bond motifs is 1. The van der Waals surface area contributed by atoms with Crippen LogP contribution in [0.2, 0.25) is 5.28 Å². The molecule has 1 aliphatic heterocycles. The Hall–Kier alpha value is -4.09. The van der Waals surface area contributed by atoms with Crippen LogP contribution in [0.4, 0.5) is 10.2 Å². The molecular weight excluding hydrogens is 493 g/mol. The second-order valence-electron chi connectivity index (χ2n) is 7.91. The van der Waals surface area contributed by atoms with Crippen molar-refractivity contribution in [2.75, 3.05) is 12.3 Å². The lowest BCUT2D eigenvalue weighted by molar-refractivity contribution is -0.0570. The molecule has 12 heteroatoms. The zero-order valence-electron chi connectivity index (χ0n) is 18.5. The number of rotatable bonds is 6. The van der Waals surface area contributed by atoms with Gasteiger partial charge in [-0.2, -0.15) is 9.97 Å². The number of anilines is 1. The van der Waals surface area contributed by atoms with Crippen LogP contribution in [0.3, 0.4) is 0 Å². The van der Waals surface area contributed by atoms with Crippen LogP contribution in [0, 0.1) is 0 Å². The summed E-state index contributed by atoms with van der Waals surface area (Å²) in [6.07, 6.45) is -4.45. The molecule has 0 radical (unpaired) electrons. The van der Waals surface area contributed by atoms with Crippen molar-refractivity contribution in [1.82, 2.24) is 19.5 Å². The smallest absolute Gasteiger partial charge is 0.338 e. The molecule has 184 valence electrons. The lowest BCUT2D eigenvalue weighted by Crippen LogP contribution is -2.37. The highest BCUT2D eigenvalue weighted by atomic mass is 35.5.